The largest absolute Gasteiger partial charge is 0.497 e. The molecule has 1 aromatic rings. The number of halogens is 1. The molecule has 1 heterocycles. The fraction of sp³-hybridized carbons (Fsp3) is 0.143. The first kappa shape index (κ1) is 8.41. The highest BCUT2D eigenvalue weighted by Crippen LogP contribution is 2.43. The molecule has 1 unspecified atom stereocenters. The molecule has 2 nitrogen and oxygen atoms in total. The molecule has 0 saturated heterocycles. The lowest BCUT2D eigenvalue weighted by Crippen LogP contribution is -1.80. The maximum absolute atomic E-state index is 5.86. The molecule has 1 aliphatic heterocycles. The molecule has 1 aliphatic rings. The summed E-state index contributed by atoms with van der Waals surface area (Å²) in [4.78, 5) is 1.13. The number of hydrogen-bond donors (Lipinski definition) is 0. The van der Waals surface area contributed by atoms with Gasteiger partial charge in [-0.2, -0.15) is 0 Å². The predicted molar refractivity (Wildman–Crippen MR) is 54.2 cm³/mol. The Labute approximate surface area is 81.3 Å². The lowest BCUT2D eigenvalue weighted by atomic mass is 10.3. The van der Waals surface area contributed by atoms with Crippen molar-refractivity contribution in [1.82, 2.24) is 0 Å². The van der Waals surface area contributed by atoms with Crippen LogP contribution < -0.4 is 4.74 Å². The Morgan fingerprint density at radius 2 is 2.42 bits per heavy atom. The van der Waals surface area contributed by atoms with Crippen LogP contribution in [-0.4, -0.2) is 7.11 Å². The quantitative estimate of drug-likeness (QED) is 0.676. The molecule has 2 rings (SSSR count). The minimum atomic E-state index is -0.421. The molecule has 0 aliphatic carbocycles. The van der Waals surface area contributed by atoms with E-state index in [1.807, 2.05) is 18.2 Å². The maximum Gasteiger partial charge on any atom is 0.121 e. The van der Waals surface area contributed by atoms with Gasteiger partial charge in [-0.05, 0) is 33.6 Å². The molecule has 1 aromatic carbocycles. The summed E-state index contributed by atoms with van der Waals surface area (Å²) in [7, 11) is 8.66. The van der Waals surface area contributed by atoms with Gasteiger partial charge in [-0.15, -0.1) is 0 Å². The van der Waals surface area contributed by atoms with E-state index in [-0.39, 0.29) is 0 Å². The molecular formula is C7H6ClNOS2. The molecule has 0 spiro atoms. The number of rotatable bonds is 1. The van der Waals surface area contributed by atoms with Gasteiger partial charge in [-0.25, -0.2) is 4.36 Å². The van der Waals surface area contributed by atoms with Crippen molar-refractivity contribution < 1.29 is 4.74 Å². The zero-order valence-corrected chi connectivity index (χ0v) is 8.67. The minimum Gasteiger partial charge on any atom is -0.497 e. The molecule has 0 amide bonds. The monoisotopic (exact) mass is 219 g/mol. The van der Waals surface area contributed by atoms with Crippen molar-refractivity contribution in [2.45, 2.75) is 4.90 Å². The highest BCUT2D eigenvalue weighted by atomic mass is 35.7. The van der Waals surface area contributed by atoms with Crippen molar-refractivity contribution >= 4 is 36.1 Å². The first-order chi connectivity index (χ1) is 5.79. The molecule has 0 aromatic heterocycles. The molecule has 0 fully saturated rings. The van der Waals surface area contributed by atoms with Gasteiger partial charge < -0.3 is 4.74 Å². The number of benzene rings is 1. The third-order valence-electron chi connectivity index (χ3n) is 1.49. The zero-order valence-electron chi connectivity index (χ0n) is 6.28. The summed E-state index contributed by atoms with van der Waals surface area (Å²) in [6.07, 6.45) is 0. The van der Waals surface area contributed by atoms with Crippen LogP contribution >= 0.6 is 21.5 Å². The topological polar surface area (TPSA) is 21.6 Å². The summed E-state index contributed by atoms with van der Waals surface area (Å²) in [5.41, 5.74) is 0.942. The van der Waals surface area contributed by atoms with Crippen molar-refractivity contribution in [3.63, 3.8) is 0 Å². The minimum absolute atomic E-state index is 0.421. The molecule has 0 N–H and O–H groups in total. The third kappa shape index (κ3) is 1.46. The van der Waals surface area contributed by atoms with E-state index in [0.717, 1.165) is 16.3 Å². The molecule has 0 saturated carbocycles. The number of fused-ring (bicyclic) bond motifs is 1. The van der Waals surface area contributed by atoms with Crippen LogP contribution in [0.25, 0.3) is 0 Å². The van der Waals surface area contributed by atoms with Crippen LogP contribution in [0.15, 0.2) is 27.5 Å². The molecule has 0 bridgehead atoms. The fourth-order valence-electron chi connectivity index (χ4n) is 0.936. The Hall–Kier alpha value is -0.190. The molecule has 0 radical (unpaired) electrons. The van der Waals surface area contributed by atoms with E-state index in [2.05, 4.69) is 4.36 Å². The molecular weight excluding hydrogens is 214 g/mol. The molecule has 64 valence electrons. The SMILES string of the molecule is COc1ccc2c(c1)N=S(Cl)S2. The summed E-state index contributed by atoms with van der Waals surface area (Å²) in [5.74, 6) is 0.827. The van der Waals surface area contributed by atoms with Gasteiger partial charge in [0.1, 0.15) is 5.75 Å². The van der Waals surface area contributed by atoms with Crippen molar-refractivity contribution in [1.29, 1.82) is 0 Å². The normalized spacial score (nSPS) is 20.0. The number of methoxy groups -OCH3 is 1. The zero-order chi connectivity index (χ0) is 8.55. The van der Waals surface area contributed by atoms with Gasteiger partial charge in [0.05, 0.1) is 21.7 Å². The van der Waals surface area contributed by atoms with Crippen molar-refractivity contribution in [2.75, 3.05) is 7.11 Å². The first-order valence-electron chi connectivity index (χ1n) is 3.28. The summed E-state index contributed by atoms with van der Waals surface area (Å²) in [5, 5.41) is 0. The molecule has 1 atom stereocenters. The Bertz CT molecular complexity index is 353. The average molecular weight is 220 g/mol. The second-order valence-electron chi connectivity index (χ2n) is 2.21. The Kier molecular flexibility index (Phi) is 2.30. The van der Waals surface area contributed by atoms with E-state index in [9.17, 15) is 0 Å². The van der Waals surface area contributed by atoms with Gasteiger partial charge in [0, 0.05) is 11.0 Å². The van der Waals surface area contributed by atoms with Gasteiger partial charge in [-0.3, -0.25) is 0 Å². The lowest BCUT2D eigenvalue weighted by molar-refractivity contribution is 0.414. The van der Waals surface area contributed by atoms with Gasteiger partial charge in [0.15, 0.2) is 0 Å². The van der Waals surface area contributed by atoms with Crippen LogP contribution in [0, 0.1) is 0 Å². The summed E-state index contributed by atoms with van der Waals surface area (Å²) < 4.78 is 9.30. The predicted octanol–water partition coefficient (Wildman–Crippen LogP) is 3.30. The van der Waals surface area contributed by atoms with E-state index < -0.39 is 8.94 Å². The fourth-order valence-corrected chi connectivity index (χ4v) is 3.85. The average Bonchev–Trinajstić information content (AvgIpc) is 2.43. The Balaban J connectivity index is 2.45. The highest BCUT2D eigenvalue weighted by molar-refractivity contribution is 8.78. The second-order valence-corrected chi connectivity index (χ2v) is 6.29. The molecule has 5 heteroatoms. The second kappa shape index (κ2) is 3.28. The van der Waals surface area contributed by atoms with E-state index in [1.54, 1.807) is 17.9 Å². The van der Waals surface area contributed by atoms with Gasteiger partial charge >= 0.3 is 0 Å². The van der Waals surface area contributed by atoms with E-state index in [0.29, 0.717) is 0 Å². The van der Waals surface area contributed by atoms with E-state index in [4.69, 9.17) is 15.4 Å². The summed E-state index contributed by atoms with van der Waals surface area (Å²) in [6.45, 7) is 0. The van der Waals surface area contributed by atoms with E-state index >= 15 is 0 Å². The van der Waals surface area contributed by atoms with Crippen LogP contribution in [0.4, 0.5) is 5.69 Å². The highest BCUT2D eigenvalue weighted by Gasteiger charge is 2.13. The first-order valence-corrected chi connectivity index (χ1v) is 6.62. The van der Waals surface area contributed by atoms with Crippen molar-refractivity contribution in [2.24, 2.45) is 4.36 Å². The Morgan fingerprint density at radius 3 is 3.17 bits per heavy atom. The number of hydrogen-bond acceptors (Lipinski definition) is 3. The van der Waals surface area contributed by atoms with Crippen molar-refractivity contribution in [3.05, 3.63) is 18.2 Å². The maximum atomic E-state index is 5.86. The number of nitrogens with zero attached hydrogens (tertiary/aromatic N) is 1. The Morgan fingerprint density at radius 1 is 1.58 bits per heavy atom. The number of ether oxygens (including phenoxy) is 1. The van der Waals surface area contributed by atoms with E-state index in [1.165, 1.54) is 0 Å². The van der Waals surface area contributed by atoms with Crippen LogP contribution in [0.1, 0.15) is 0 Å². The van der Waals surface area contributed by atoms with Gasteiger partial charge in [-0.1, -0.05) is 0 Å². The molecule has 12 heavy (non-hydrogen) atoms. The van der Waals surface area contributed by atoms with Crippen LogP contribution in [-0.2, 0) is 8.94 Å². The van der Waals surface area contributed by atoms with Crippen LogP contribution in [0.2, 0.25) is 0 Å². The third-order valence-corrected chi connectivity index (χ3v) is 4.45. The van der Waals surface area contributed by atoms with Crippen LogP contribution in [0.3, 0.4) is 0 Å². The summed E-state index contributed by atoms with van der Waals surface area (Å²) >= 11 is 0. The smallest absolute Gasteiger partial charge is 0.121 e. The van der Waals surface area contributed by atoms with Crippen LogP contribution in [0.5, 0.6) is 5.75 Å². The standard InChI is InChI=1S/C7H6ClNOS2/c1-10-5-2-3-7-6(4-5)9-12(8)11-7/h2-4H,1H3. The van der Waals surface area contributed by atoms with Gasteiger partial charge in [0.2, 0.25) is 0 Å². The summed E-state index contributed by atoms with van der Waals surface area (Å²) in [6, 6.07) is 5.80. The van der Waals surface area contributed by atoms with Crippen molar-refractivity contribution in [3.8, 4) is 5.75 Å². The lowest BCUT2D eigenvalue weighted by Gasteiger charge is -1.99. The van der Waals surface area contributed by atoms with Gasteiger partial charge in [0.25, 0.3) is 0 Å².